The van der Waals surface area contributed by atoms with Crippen LogP contribution in [0.3, 0.4) is 0 Å². The van der Waals surface area contributed by atoms with Crippen molar-refractivity contribution in [2.24, 2.45) is 19.1 Å². The second kappa shape index (κ2) is 12.9. The molecule has 3 N–H and O–H groups in total. The van der Waals surface area contributed by atoms with Crippen LogP contribution in [0, 0.1) is 0 Å². The van der Waals surface area contributed by atoms with E-state index in [4.69, 9.17) is 19.4 Å². The first-order valence-electron chi connectivity index (χ1n) is 15.5. The molecule has 0 atom stereocenters. The Kier molecular flexibility index (Phi) is 9.03. The molecule has 2 amide bonds. The summed E-state index contributed by atoms with van der Waals surface area (Å²) in [5, 5.41) is 8.38. The number of rotatable bonds is 6. The molecule has 3 aromatic carbocycles. The molecule has 0 spiro atoms. The number of ether oxygens (including phenoxy) is 2. The molecule has 0 unspecified atom stereocenters. The molecule has 12 heteroatoms. The lowest BCUT2D eigenvalue weighted by molar-refractivity contribution is 0.0540. The van der Waals surface area contributed by atoms with Gasteiger partial charge in [0.25, 0.3) is 0 Å². The van der Waals surface area contributed by atoms with Gasteiger partial charge in [-0.05, 0) is 84.9 Å². The van der Waals surface area contributed by atoms with E-state index in [2.05, 4.69) is 27.5 Å². The number of nitrogens with one attached hydrogen (secondary N) is 3. The molecule has 0 fully saturated rings. The molecule has 48 heavy (non-hydrogen) atoms. The summed E-state index contributed by atoms with van der Waals surface area (Å²) < 4.78 is 14.7. The summed E-state index contributed by atoms with van der Waals surface area (Å²) >= 11 is 0. The van der Waals surface area contributed by atoms with Gasteiger partial charge in [-0.15, -0.1) is 0 Å². The first-order valence-corrected chi connectivity index (χ1v) is 15.5. The Labute approximate surface area is 279 Å². The lowest BCUT2D eigenvalue weighted by atomic mass is 10.1. The van der Waals surface area contributed by atoms with E-state index in [-0.39, 0.29) is 0 Å². The Hall–Kier alpha value is -5.65. The average molecular weight is 651 g/mol. The van der Waals surface area contributed by atoms with Gasteiger partial charge in [0.05, 0.1) is 27.8 Å². The number of alkyl carbamates (subject to hydrolysis) is 2. The summed E-state index contributed by atoms with van der Waals surface area (Å²) in [6.45, 7) is 16.4. The lowest BCUT2D eigenvalue weighted by Gasteiger charge is -2.20. The number of benzene rings is 3. The molecule has 0 bridgehead atoms. The number of aliphatic imine (C=N–C) groups is 1. The highest BCUT2D eigenvalue weighted by atomic mass is 16.6. The minimum absolute atomic E-state index is 0.304. The fourth-order valence-corrected chi connectivity index (χ4v) is 5.12. The minimum atomic E-state index is -0.610. The first-order chi connectivity index (χ1) is 22.5. The van der Waals surface area contributed by atoms with E-state index in [1.165, 1.54) is 0 Å². The number of nitrogens with zero attached hydrogens (tertiary/aromatic N) is 5. The molecule has 0 aliphatic rings. The predicted molar refractivity (Wildman–Crippen MR) is 190 cm³/mol. The monoisotopic (exact) mass is 650 g/mol. The standard InChI is InChI=1S/C36H42N8O4/c1-21(39-33(45)47-35(3,4)5)37-25-16-18-29-28(19-25)42-32(43(29)9)24-13-11-23(12-14-24)31-41-27-17-15-26(20-30(27)44(31)10)38-22(2)40-34(46)48-36(6,7)8/h11-20,38H,2H2,1,3-10H3,(H,40,46)(H,37,39,45). The van der Waals surface area contributed by atoms with Crippen LogP contribution in [0.4, 0.5) is 21.0 Å². The number of carbonyl (C=O) groups is 2. The first kappa shape index (κ1) is 33.7. The number of hydrogen-bond acceptors (Lipinski definition) is 8. The molecule has 0 saturated carbocycles. The Morgan fingerprint density at radius 3 is 1.85 bits per heavy atom. The Balaban J connectivity index is 1.32. The third-order valence-electron chi connectivity index (χ3n) is 7.07. The van der Waals surface area contributed by atoms with Gasteiger partial charge in [-0.25, -0.2) is 24.5 Å². The smallest absolute Gasteiger partial charge is 0.413 e. The van der Waals surface area contributed by atoms with E-state index in [0.717, 1.165) is 50.5 Å². The number of amidine groups is 1. The summed E-state index contributed by atoms with van der Waals surface area (Å²) in [6.07, 6.45) is -1.13. The van der Waals surface area contributed by atoms with E-state index in [9.17, 15) is 9.59 Å². The number of fused-ring (bicyclic) bond motifs is 2. The van der Waals surface area contributed by atoms with Crippen molar-refractivity contribution in [1.82, 2.24) is 29.7 Å². The van der Waals surface area contributed by atoms with E-state index in [1.54, 1.807) is 27.7 Å². The maximum atomic E-state index is 12.1. The highest BCUT2D eigenvalue weighted by Crippen LogP contribution is 2.30. The SMILES string of the molecule is C=C(NC(=O)OC(C)(C)C)Nc1ccc2nc(-c3ccc(-c4nc5cc(N=C(C)NC(=O)OC(C)(C)C)ccc5n4C)cc3)n(C)c2c1. The molecule has 250 valence electrons. The minimum Gasteiger partial charge on any atom is -0.444 e. The summed E-state index contributed by atoms with van der Waals surface area (Å²) in [5.41, 5.74) is 5.59. The van der Waals surface area contributed by atoms with Gasteiger partial charge in [0.1, 0.15) is 34.5 Å². The normalized spacial score (nSPS) is 12.2. The molecular weight excluding hydrogens is 608 g/mol. The zero-order valence-electron chi connectivity index (χ0n) is 28.8. The van der Waals surface area contributed by atoms with Crippen LogP contribution in [-0.4, -0.2) is 48.3 Å². The molecular formula is C36H42N8O4. The van der Waals surface area contributed by atoms with E-state index in [0.29, 0.717) is 17.3 Å². The maximum Gasteiger partial charge on any atom is 0.413 e. The van der Waals surface area contributed by atoms with Gasteiger partial charge >= 0.3 is 12.2 Å². The Bertz CT molecular complexity index is 2060. The predicted octanol–water partition coefficient (Wildman–Crippen LogP) is 7.78. The van der Waals surface area contributed by atoms with Gasteiger partial charge in [-0.1, -0.05) is 30.8 Å². The zero-order valence-corrected chi connectivity index (χ0v) is 28.8. The highest BCUT2D eigenvalue weighted by Gasteiger charge is 2.18. The van der Waals surface area contributed by atoms with Crippen LogP contribution >= 0.6 is 0 Å². The third-order valence-corrected chi connectivity index (χ3v) is 7.07. The van der Waals surface area contributed by atoms with Crippen molar-refractivity contribution in [3.63, 3.8) is 0 Å². The zero-order chi connectivity index (χ0) is 35.0. The number of amides is 2. The van der Waals surface area contributed by atoms with Crippen molar-refractivity contribution >= 4 is 51.5 Å². The molecule has 0 aliphatic carbocycles. The number of carbonyl (C=O) groups excluding carboxylic acids is 2. The molecule has 5 rings (SSSR count). The molecule has 2 aromatic heterocycles. The number of hydrogen-bond donors (Lipinski definition) is 3. The van der Waals surface area contributed by atoms with Gasteiger partial charge in [0.2, 0.25) is 0 Å². The molecule has 5 aromatic rings. The van der Waals surface area contributed by atoms with Crippen molar-refractivity contribution < 1.29 is 19.1 Å². The third kappa shape index (κ3) is 8.00. The van der Waals surface area contributed by atoms with Gasteiger partial charge in [0.15, 0.2) is 0 Å². The number of aromatic nitrogens is 4. The van der Waals surface area contributed by atoms with Crippen LogP contribution in [0.2, 0.25) is 0 Å². The lowest BCUT2D eigenvalue weighted by Crippen LogP contribution is -2.35. The summed E-state index contributed by atoms with van der Waals surface area (Å²) in [6, 6.07) is 19.6. The fraction of sp³-hybridized carbons (Fsp3) is 0.306. The second-order valence-electron chi connectivity index (χ2n) is 13.5. The topological polar surface area (TPSA) is 137 Å². The summed E-state index contributed by atoms with van der Waals surface area (Å²) in [4.78, 5) is 38.5. The van der Waals surface area contributed by atoms with Crippen LogP contribution < -0.4 is 16.0 Å². The van der Waals surface area contributed by atoms with Crippen LogP contribution in [-0.2, 0) is 23.6 Å². The molecule has 0 radical (unpaired) electrons. The summed E-state index contributed by atoms with van der Waals surface area (Å²) in [7, 11) is 3.94. The van der Waals surface area contributed by atoms with Crippen LogP contribution in [0.25, 0.3) is 44.8 Å². The quantitative estimate of drug-likeness (QED) is 0.126. The van der Waals surface area contributed by atoms with Gasteiger partial charge in [-0.2, -0.15) is 0 Å². The highest BCUT2D eigenvalue weighted by molar-refractivity contribution is 5.96. The molecule has 2 heterocycles. The number of imidazole rings is 2. The van der Waals surface area contributed by atoms with E-state index < -0.39 is 23.4 Å². The number of anilines is 1. The fourth-order valence-electron chi connectivity index (χ4n) is 5.12. The van der Waals surface area contributed by atoms with Gasteiger partial charge in [-0.3, -0.25) is 10.6 Å². The Morgan fingerprint density at radius 2 is 1.27 bits per heavy atom. The number of aryl methyl sites for hydroxylation is 2. The van der Waals surface area contributed by atoms with Crippen LogP contribution in [0.5, 0.6) is 0 Å². The molecule has 0 saturated heterocycles. The van der Waals surface area contributed by atoms with Crippen molar-refractivity contribution in [2.75, 3.05) is 5.32 Å². The molecule has 12 nitrogen and oxygen atoms in total. The second-order valence-corrected chi connectivity index (χ2v) is 13.5. The van der Waals surface area contributed by atoms with E-state index >= 15 is 0 Å². The van der Waals surface area contributed by atoms with Crippen molar-refractivity contribution in [3.8, 4) is 22.8 Å². The van der Waals surface area contributed by atoms with E-state index in [1.807, 2.05) is 105 Å². The maximum absolute atomic E-state index is 12.1. The summed E-state index contributed by atoms with van der Waals surface area (Å²) in [5.74, 6) is 2.34. The van der Waals surface area contributed by atoms with Crippen LogP contribution in [0.15, 0.2) is 78.1 Å². The molecule has 0 aliphatic heterocycles. The Morgan fingerprint density at radius 1 is 0.729 bits per heavy atom. The van der Waals surface area contributed by atoms with Gasteiger partial charge in [0, 0.05) is 30.9 Å². The van der Waals surface area contributed by atoms with Gasteiger partial charge < -0.3 is 23.9 Å². The van der Waals surface area contributed by atoms with Crippen molar-refractivity contribution in [2.45, 2.75) is 59.7 Å². The van der Waals surface area contributed by atoms with Crippen molar-refractivity contribution in [3.05, 3.63) is 73.1 Å². The average Bonchev–Trinajstić information content (AvgIpc) is 3.46. The van der Waals surface area contributed by atoms with Crippen LogP contribution in [0.1, 0.15) is 48.5 Å². The van der Waals surface area contributed by atoms with Crippen molar-refractivity contribution in [1.29, 1.82) is 0 Å². The largest absolute Gasteiger partial charge is 0.444 e.